The molecule has 82 valence electrons. The zero-order valence-corrected chi connectivity index (χ0v) is 9.55. The molecule has 1 aromatic carbocycles. The molecule has 0 aromatic heterocycles. The molecular weight excluding hydrogens is 270 g/mol. The molecule has 1 rings (SSSR count). The summed E-state index contributed by atoms with van der Waals surface area (Å²) >= 11 is 2.25. The van der Waals surface area contributed by atoms with Crippen molar-refractivity contribution in [2.24, 2.45) is 0 Å². The predicted molar refractivity (Wildman–Crippen MR) is 55.4 cm³/mol. The number of ether oxygens (including phenoxy) is 1. The van der Waals surface area contributed by atoms with Crippen LogP contribution in [-0.2, 0) is 11.2 Å². The number of benzene rings is 1. The number of carbonyl (C=O) groups is 1. The SMILES string of the molecule is COC(=O)c1ccc(CC(F)(F)Br)cc1. The fourth-order valence-corrected chi connectivity index (χ4v) is 1.43. The van der Waals surface area contributed by atoms with Gasteiger partial charge in [0.1, 0.15) is 0 Å². The maximum atomic E-state index is 12.6. The Morgan fingerprint density at radius 1 is 1.40 bits per heavy atom. The van der Waals surface area contributed by atoms with Crippen molar-refractivity contribution in [1.29, 1.82) is 0 Å². The van der Waals surface area contributed by atoms with Crippen LogP contribution in [0.4, 0.5) is 8.78 Å². The Bertz CT molecular complexity index is 343. The summed E-state index contributed by atoms with van der Waals surface area (Å²) in [6.07, 6.45) is -0.408. The van der Waals surface area contributed by atoms with E-state index in [0.29, 0.717) is 11.1 Å². The number of carbonyl (C=O) groups excluding carboxylic acids is 1. The van der Waals surface area contributed by atoms with E-state index in [2.05, 4.69) is 20.7 Å². The lowest BCUT2D eigenvalue weighted by Gasteiger charge is -2.08. The summed E-state index contributed by atoms with van der Waals surface area (Å²) in [7, 11) is 1.27. The number of hydrogen-bond donors (Lipinski definition) is 0. The average Bonchev–Trinajstić information content (AvgIpc) is 2.15. The first-order valence-electron chi connectivity index (χ1n) is 4.16. The lowest BCUT2D eigenvalue weighted by molar-refractivity contribution is 0.0600. The summed E-state index contributed by atoms with van der Waals surface area (Å²) in [5, 5.41) is 0. The molecule has 15 heavy (non-hydrogen) atoms. The number of hydrogen-bond acceptors (Lipinski definition) is 2. The Labute approximate surface area is 94.4 Å². The smallest absolute Gasteiger partial charge is 0.337 e. The van der Waals surface area contributed by atoms with E-state index >= 15 is 0 Å². The molecule has 1 aromatic rings. The Kier molecular flexibility index (Phi) is 3.79. The largest absolute Gasteiger partial charge is 0.465 e. The number of rotatable bonds is 3. The van der Waals surface area contributed by atoms with E-state index in [1.54, 1.807) is 0 Å². The van der Waals surface area contributed by atoms with E-state index < -0.39 is 17.2 Å². The van der Waals surface area contributed by atoms with Gasteiger partial charge in [-0.25, -0.2) is 4.79 Å². The summed E-state index contributed by atoms with van der Waals surface area (Å²) < 4.78 is 29.6. The van der Waals surface area contributed by atoms with Gasteiger partial charge in [0.15, 0.2) is 0 Å². The number of esters is 1. The summed E-state index contributed by atoms with van der Waals surface area (Å²) in [6, 6.07) is 5.86. The van der Waals surface area contributed by atoms with E-state index in [9.17, 15) is 13.6 Å². The van der Waals surface area contributed by atoms with Crippen LogP contribution < -0.4 is 0 Å². The van der Waals surface area contributed by atoms with Crippen molar-refractivity contribution < 1.29 is 18.3 Å². The Morgan fingerprint density at radius 3 is 2.33 bits per heavy atom. The summed E-state index contributed by atoms with van der Waals surface area (Å²) in [6.45, 7) is 0. The number of alkyl halides is 3. The second-order valence-electron chi connectivity index (χ2n) is 2.98. The van der Waals surface area contributed by atoms with Crippen LogP contribution in [0.3, 0.4) is 0 Å². The number of halogens is 3. The quantitative estimate of drug-likeness (QED) is 0.628. The average molecular weight is 279 g/mol. The molecule has 0 unspecified atom stereocenters. The van der Waals surface area contributed by atoms with Crippen LogP contribution in [0, 0.1) is 0 Å². The minimum absolute atomic E-state index is 0.346. The van der Waals surface area contributed by atoms with Crippen molar-refractivity contribution in [1.82, 2.24) is 0 Å². The van der Waals surface area contributed by atoms with Crippen molar-refractivity contribution >= 4 is 21.9 Å². The fraction of sp³-hybridized carbons (Fsp3) is 0.300. The molecule has 2 nitrogen and oxygen atoms in total. The highest BCUT2D eigenvalue weighted by molar-refractivity contribution is 9.10. The highest BCUT2D eigenvalue weighted by atomic mass is 79.9. The van der Waals surface area contributed by atoms with Gasteiger partial charge < -0.3 is 4.74 Å². The Morgan fingerprint density at radius 2 is 1.93 bits per heavy atom. The summed E-state index contributed by atoms with van der Waals surface area (Å²) in [5.74, 6) is -0.479. The van der Waals surface area contributed by atoms with Gasteiger partial charge in [0.25, 0.3) is 0 Å². The normalized spacial score (nSPS) is 11.2. The molecule has 0 aliphatic rings. The van der Waals surface area contributed by atoms with Crippen molar-refractivity contribution in [3.05, 3.63) is 35.4 Å². The molecular formula is C10H9BrF2O2. The van der Waals surface area contributed by atoms with Crippen LogP contribution in [0.2, 0.25) is 0 Å². The summed E-state index contributed by atoms with van der Waals surface area (Å²) in [5.41, 5.74) is 0.795. The first kappa shape index (κ1) is 12.1. The molecule has 0 bridgehead atoms. The Balaban J connectivity index is 2.77. The highest BCUT2D eigenvalue weighted by Gasteiger charge is 2.24. The molecule has 5 heteroatoms. The van der Waals surface area contributed by atoms with Gasteiger partial charge in [-0.1, -0.05) is 12.1 Å². The van der Waals surface area contributed by atoms with Crippen LogP contribution in [-0.4, -0.2) is 17.9 Å². The zero-order valence-electron chi connectivity index (χ0n) is 7.97. The molecule has 0 aliphatic carbocycles. The highest BCUT2D eigenvalue weighted by Crippen LogP contribution is 2.26. The number of methoxy groups -OCH3 is 1. The van der Waals surface area contributed by atoms with Crippen LogP contribution in [0.15, 0.2) is 24.3 Å². The zero-order chi connectivity index (χ0) is 11.5. The van der Waals surface area contributed by atoms with Gasteiger partial charge in [0.05, 0.1) is 12.7 Å². The van der Waals surface area contributed by atoms with E-state index in [0.717, 1.165) is 0 Å². The minimum atomic E-state index is -2.92. The first-order valence-corrected chi connectivity index (χ1v) is 4.95. The van der Waals surface area contributed by atoms with Crippen molar-refractivity contribution in [3.8, 4) is 0 Å². The van der Waals surface area contributed by atoms with Crippen LogP contribution in [0.25, 0.3) is 0 Å². The third-order valence-corrected chi connectivity index (χ3v) is 2.06. The molecule has 0 radical (unpaired) electrons. The predicted octanol–water partition coefficient (Wildman–Crippen LogP) is 3.00. The minimum Gasteiger partial charge on any atom is -0.465 e. The van der Waals surface area contributed by atoms with E-state index in [-0.39, 0.29) is 0 Å². The molecule has 0 fully saturated rings. The maximum Gasteiger partial charge on any atom is 0.337 e. The molecule has 0 aliphatic heterocycles. The molecule has 0 heterocycles. The van der Waals surface area contributed by atoms with Gasteiger partial charge >= 0.3 is 10.8 Å². The van der Waals surface area contributed by atoms with Crippen molar-refractivity contribution in [2.45, 2.75) is 11.3 Å². The van der Waals surface area contributed by atoms with E-state index in [1.807, 2.05) is 0 Å². The van der Waals surface area contributed by atoms with Crippen LogP contribution in [0.5, 0.6) is 0 Å². The van der Waals surface area contributed by atoms with E-state index in [4.69, 9.17) is 0 Å². The third-order valence-electron chi connectivity index (χ3n) is 1.78. The van der Waals surface area contributed by atoms with Gasteiger partial charge in [-0.15, -0.1) is 0 Å². The van der Waals surface area contributed by atoms with E-state index in [1.165, 1.54) is 31.4 Å². The monoisotopic (exact) mass is 278 g/mol. The first-order chi connectivity index (χ1) is 6.92. The second kappa shape index (κ2) is 4.70. The lowest BCUT2D eigenvalue weighted by atomic mass is 10.1. The van der Waals surface area contributed by atoms with Gasteiger partial charge in [0, 0.05) is 6.42 Å². The summed E-state index contributed by atoms with van der Waals surface area (Å²) in [4.78, 5) is 8.11. The molecule has 0 spiro atoms. The molecule has 0 saturated carbocycles. The van der Waals surface area contributed by atoms with Gasteiger partial charge in [-0.2, -0.15) is 8.78 Å². The van der Waals surface area contributed by atoms with Crippen LogP contribution in [0.1, 0.15) is 15.9 Å². The maximum absolute atomic E-state index is 12.6. The topological polar surface area (TPSA) is 26.3 Å². The fourth-order valence-electron chi connectivity index (χ4n) is 1.11. The lowest BCUT2D eigenvalue weighted by Crippen LogP contribution is -2.09. The molecule has 0 saturated heterocycles. The standard InChI is InChI=1S/C10H9BrF2O2/c1-15-9(14)8-4-2-7(3-5-8)6-10(11,12)13/h2-5H,6H2,1H3. The van der Waals surface area contributed by atoms with Crippen LogP contribution >= 0.6 is 15.9 Å². The molecule has 0 amide bonds. The van der Waals surface area contributed by atoms with Gasteiger partial charge in [0.2, 0.25) is 0 Å². The molecule has 0 N–H and O–H groups in total. The second-order valence-corrected chi connectivity index (χ2v) is 4.14. The van der Waals surface area contributed by atoms with Crippen molar-refractivity contribution in [2.75, 3.05) is 7.11 Å². The Hall–Kier alpha value is -0.970. The van der Waals surface area contributed by atoms with Crippen molar-refractivity contribution in [3.63, 3.8) is 0 Å². The van der Waals surface area contributed by atoms with Gasteiger partial charge in [-0.05, 0) is 33.6 Å². The third kappa shape index (κ3) is 3.95. The molecule has 0 atom stereocenters. The van der Waals surface area contributed by atoms with Gasteiger partial charge in [-0.3, -0.25) is 0 Å².